The first-order valence-electron chi connectivity index (χ1n) is 5.66. The highest BCUT2D eigenvalue weighted by atomic mass is 16.5. The maximum atomic E-state index is 11.5. The summed E-state index contributed by atoms with van der Waals surface area (Å²) in [6.07, 6.45) is 1.74. The van der Waals surface area contributed by atoms with Gasteiger partial charge in [0.1, 0.15) is 0 Å². The first kappa shape index (κ1) is 12.9. The lowest BCUT2D eigenvalue weighted by atomic mass is 10.2. The summed E-state index contributed by atoms with van der Waals surface area (Å²) in [6.45, 7) is 1.34. The molecule has 19 heavy (non-hydrogen) atoms. The van der Waals surface area contributed by atoms with Crippen molar-refractivity contribution in [2.24, 2.45) is 0 Å². The van der Waals surface area contributed by atoms with Gasteiger partial charge in [0.15, 0.2) is 0 Å². The largest absolute Gasteiger partial charge is 0.465 e. The summed E-state index contributed by atoms with van der Waals surface area (Å²) in [7, 11) is 1.33. The van der Waals surface area contributed by atoms with Crippen molar-refractivity contribution in [3.63, 3.8) is 0 Å². The highest BCUT2D eigenvalue weighted by Crippen LogP contribution is 2.20. The van der Waals surface area contributed by atoms with Crippen LogP contribution in [0.25, 0.3) is 5.69 Å². The predicted molar refractivity (Wildman–Crippen MR) is 68.4 cm³/mol. The van der Waals surface area contributed by atoms with E-state index in [0.717, 1.165) is 0 Å². The van der Waals surface area contributed by atoms with E-state index >= 15 is 0 Å². The van der Waals surface area contributed by atoms with Gasteiger partial charge in [0.25, 0.3) is 0 Å². The minimum atomic E-state index is -0.414. The van der Waals surface area contributed by atoms with Gasteiger partial charge >= 0.3 is 11.9 Å². The molecule has 98 valence electrons. The number of carbonyl (C=O) groups excluding carboxylic acids is 2. The topological polar surface area (TPSA) is 57.5 Å². The molecule has 0 radical (unpaired) electrons. The maximum Gasteiger partial charge on any atom is 0.337 e. The molecule has 2 rings (SSSR count). The van der Waals surface area contributed by atoms with E-state index in [-0.39, 0.29) is 0 Å². The summed E-state index contributed by atoms with van der Waals surface area (Å²) in [6, 6.07) is 10.3. The fourth-order valence-corrected chi connectivity index (χ4v) is 1.71. The molecular weight excluding hydrogens is 246 g/mol. The number of nitrogens with zero attached hydrogens (tertiary/aromatic N) is 1. The van der Waals surface area contributed by atoms with Gasteiger partial charge in [-0.3, -0.25) is 9.36 Å². The molecule has 0 spiro atoms. The maximum absolute atomic E-state index is 11.5. The first-order chi connectivity index (χ1) is 9.11. The molecule has 0 aliphatic heterocycles. The third-order valence-electron chi connectivity index (χ3n) is 2.51. The van der Waals surface area contributed by atoms with Crippen LogP contribution >= 0.6 is 0 Å². The minimum absolute atomic E-state index is 0.398. The van der Waals surface area contributed by atoms with Crippen LogP contribution in [0.3, 0.4) is 0 Å². The number of carbonyl (C=O) groups is 2. The second-order valence-electron chi connectivity index (χ2n) is 3.85. The van der Waals surface area contributed by atoms with Crippen molar-refractivity contribution in [2.45, 2.75) is 6.92 Å². The van der Waals surface area contributed by atoms with Gasteiger partial charge in [0, 0.05) is 24.9 Å². The van der Waals surface area contributed by atoms with Crippen LogP contribution in [0.15, 0.2) is 42.6 Å². The molecule has 0 saturated carbocycles. The first-order valence-corrected chi connectivity index (χ1v) is 5.66. The van der Waals surface area contributed by atoms with Gasteiger partial charge in [-0.25, -0.2) is 4.79 Å². The Labute approximate surface area is 110 Å². The Morgan fingerprint density at radius 2 is 1.95 bits per heavy atom. The van der Waals surface area contributed by atoms with Crippen LogP contribution < -0.4 is 4.74 Å². The Morgan fingerprint density at radius 1 is 1.16 bits per heavy atom. The summed E-state index contributed by atoms with van der Waals surface area (Å²) in [4.78, 5) is 22.5. The number of aromatic nitrogens is 1. The Bertz CT molecular complexity index is 615. The molecule has 0 fully saturated rings. The number of rotatable bonds is 3. The third kappa shape index (κ3) is 2.82. The Hall–Kier alpha value is -2.56. The molecule has 1 aromatic heterocycles. The van der Waals surface area contributed by atoms with Crippen molar-refractivity contribution in [2.75, 3.05) is 7.11 Å². The van der Waals surface area contributed by atoms with E-state index in [0.29, 0.717) is 17.1 Å². The fraction of sp³-hybridized carbons (Fsp3) is 0.143. The molecule has 2 aromatic rings. The van der Waals surface area contributed by atoms with Crippen molar-refractivity contribution in [3.8, 4) is 11.6 Å². The lowest BCUT2D eigenvalue weighted by molar-refractivity contribution is -0.132. The lowest BCUT2D eigenvalue weighted by Gasteiger charge is -2.09. The van der Waals surface area contributed by atoms with Crippen LogP contribution in [0.1, 0.15) is 17.3 Å². The van der Waals surface area contributed by atoms with Crippen molar-refractivity contribution >= 4 is 11.9 Å². The smallest absolute Gasteiger partial charge is 0.337 e. The van der Waals surface area contributed by atoms with Gasteiger partial charge < -0.3 is 9.47 Å². The van der Waals surface area contributed by atoms with E-state index < -0.39 is 11.9 Å². The van der Waals surface area contributed by atoms with Gasteiger partial charge in [0.2, 0.25) is 5.88 Å². The summed E-state index contributed by atoms with van der Waals surface area (Å²) < 4.78 is 11.4. The number of methoxy groups -OCH3 is 1. The van der Waals surface area contributed by atoms with Gasteiger partial charge in [-0.2, -0.15) is 0 Å². The summed E-state index contributed by atoms with van der Waals surface area (Å²) in [5, 5.41) is 0. The van der Waals surface area contributed by atoms with E-state index in [4.69, 9.17) is 4.74 Å². The quantitative estimate of drug-likeness (QED) is 0.793. The Morgan fingerprint density at radius 3 is 2.63 bits per heavy atom. The Balaban J connectivity index is 2.39. The molecule has 5 heteroatoms. The monoisotopic (exact) mass is 259 g/mol. The highest BCUT2D eigenvalue weighted by molar-refractivity contribution is 5.89. The second-order valence-corrected chi connectivity index (χ2v) is 3.85. The van der Waals surface area contributed by atoms with E-state index in [2.05, 4.69) is 4.74 Å². The third-order valence-corrected chi connectivity index (χ3v) is 2.51. The number of hydrogen-bond donors (Lipinski definition) is 0. The van der Waals surface area contributed by atoms with Crippen molar-refractivity contribution in [1.82, 2.24) is 4.57 Å². The van der Waals surface area contributed by atoms with Crippen LogP contribution in [0, 0.1) is 0 Å². The van der Waals surface area contributed by atoms with E-state index in [1.807, 2.05) is 0 Å². The average Bonchev–Trinajstić information content (AvgIpc) is 2.85. The van der Waals surface area contributed by atoms with E-state index in [1.165, 1.54) is 14.0 Å². The zero-order chi connectivity index (χ0) is 13.8. The van der Waals surface area contributed by atoms with Gasteiger partial charge in [0.05, 0.1) is 12.7 Å². The molecule has 5 nitrogen and oxygen atoms in total. The molecule has 0 unspecified atom stereocenters. The van der Waals surface area contributed by atoms with Crippen LogP contribution in [0.5, 0.6) is 5.88 Å². The van der Waals surface area contributed by atoms with Gasteiger partial charge in [-0.1, -0.05) is 6.07 Å². The molecule has 0 N–H and O–H groups in total. The van der Waals surface area contributed by atoms with E-state index in [1.54, 1.807) is 47.2 Å². The van der Waals surface area contributed by atoms with Crippen LogP contribution in [-0.2, 0) is 9.53 Å². The van der Waals surface area contributed by atoms with Gasteiger partial charge in [-0.15, -0.1) is 0 Å². The van der Waals surface area contributed by atoms with Crippen LogP contribution in [-0.4, -0.2) is 23.6 Å². The summed E-state index contributed by atoms with van der Waals surface area (Å²) in [5.74, 6) is -0.415. The highest BCUT2D eigenvalue weighted by Gasteiger charge is 2.10. The predicted octanol–water partition coefficient (Wildman–Crippen LogP) is 2.19. The zero-order valence-corrected chi connectivity index (χ0v) is 10.6. The van der Waals surface area contributed by atoms with Crippen molar-refractivity contribution in [3.05, 3.63) is 48.2 Å². The lowest BCUT2D eigenvalue weighted by Crippen LogP contribution is -2.07. The summed E-state index contributed by atoms with van der Waals surface area (Å²) >= 11 is 0. The number of benzene rings is 1. The normalized spacial score (nSPS) is 10.0. The Kier molecular flexibility index (Phi) is 3.66. The molecule has 0 bridgehead atoms. The number of hydrogen-bond acceptors (Lipinski definition) is 4. The average molecular weight is 259 g/mol. The zero-order valence-electron chi connectivity index (χ0n) is 10.6. The van der Waals surface area contributed by atoms with Crippen LogP contribution in [0.4, 0.5) is 0 Å². The number of ether oxygens (including phenoxy) is 2. The molecule has 1 heterocycles. The number of esters is 2. The molecule has 1 aromatic carbocycles. The van der Waals surface area contributed by atoms with Crippen molar-refractivity contribution in [1.29, 1.82) is 0 Å². The SMILES string of the molecule is COC(=O)c1cccc(-n2cccc2OC(C)=O)c1. The van der Waals surface area contributed by atoms with E-state index in [9.17, 15) is 9.59 Å². The molecule has 0 atom stereocenters. The molecular formula is C14H13NO4. The second kappa shape index (κ2) is 5.39. The standard InChI is InChI=1S/C14H13NO4/c1-10(16)19-13-7-4-8-15(13)12-6-3-5-11(9-12)14(17)18-2/h3-9H,1-2H3. The molecule has 0 amide bonds. The molecule has 0 aliphatic carbocycles. The fourth-order valence-electron chi connectivity index (χ4n) is 1.71. The molecule has 0 aliphatic rings. The van der Waals surface area contributed by atoms with Crippen LogP contribution in [0.2, 0.25) is 0 Å². The minimum Gasteiger partial charge on any atom is -0.465 e. The molecule has 0 saturated heterocycles. The van der Waals surface area contributed by atoms with Crippen molar-refractivity contribution < 1.29 is 19.1 Å². The van der Waals surface area contributed by atoms with Gasteiger partial charge in [-0.05, 0) is 24.3 Å². The summed E-state index contributed by atoms with van der Waals surface area (Å²) in [5.41, 5.74) is 1.15.